The van der Waals surface area contributed by atoms with Crippen molar-refractivity contribution in [2.75, 3.05) is 13.1 Å². The van der Waals surface area contributed by atoms with E-state index < -0.39 is 5.60 Å². The van der Waals surface area contributed by atoms with Crippen molar-refractivity contribution < 1.29 is 14.4 Å². The van der Waals surface area contributed by atoms with E-state index in [2.05, 4.69) is 15.1 Å². The van der Waals surface area contributed by atoms with Gasteiger partial charge >= 0.3 is 0 Å². The second-order valence-electron chi connectivity index (χ2n) is 7.07. The molecule has 1 saturated heterocycles. The molecule has 2 aromatic heterocycles. The molecule has 0 spiro atoms. The molecule has 0 aromatic carbocycles. The number of piperidine rings is 1. The van der Waals surface area contributed by atoms with Crippen LogP contribution >= 0.6 is 0 Å². The van der Waals surface area contributed by atoms with E-state index in [9.17, 15) is 9.90 Å². The highest BCUT2D eigenvalue weighted by Gasteiger charge is 2.38. The summed E-state index contributed by atoms with van der Waals surface area (Å²) in [7, 11) is 0. The zero-order valence-corrected chi connectivity index (χ0v) is 13.8. The summed E-state index contributed by atoms with van der Waals surface area (Å²) in [6.45, 7) is 2.82. The molecule has 2 fully saturated rings. The molecule has 24 heavy (non-hydrogen) atoms. The van der Waals surface area contributed by atoms with Crippen LogP contribution in [0.25, 0.3) is 0 Å². The number of hydrogen-bond acceptors (Lipinski definition) is 5. The van der Waals surface area contributed by atoms with Crippen LogP contribution in [0.5, 0.6) is 0 Å². The van der Waals surface area contributed by atoms with Crippen LogP contribution in [0.1, 0.15) is 59.4 Å². The first-order valence-electron chi connectivity index (χ1n) is 8.52. The van der Waals surface area contributed by atoms with Crippen LogP contribution in [0, 0.1) is 6.92 Å². The first kappa shape index (κ1) is 15.4. The Hall–Kier alpha value is -2.15. The number of aromatic nitrogens is 3. The molecule has 1 atom stereocenters. The van der Waals surface area contributed by atoms with Crippen molar-refractivity contribution in [3.63, 3.8) is 0 Å². The number of aliphatic hydroxyl groups is 1. The maximum atomic E-state index is 12.7. The Morgan fingerprint density at radius 1 is 1.54 bits per heavy atom. The van der Waals surface area contributed by atoms with Crippen LogP contribution in [0.3, 0.4) is 0 Å². The highest BCUT2D eigenvalue weighted by atomic mass is 16.5. The molecule has 1 unspecified atom stereocenters. The summed E-state index contributed by atoms with van der Waals surface area (Å²) in [6, 6.07) is 1.78. The number of likely N-dealkylation sites (tertiary alicyclic amines) is 1. The van der Waals surface area contributed by atoms with Crippen LogP contribution < -0.4 is 0 Å². The van der Waals surface area contributed by atoms with Gasteiger partial charge in [-0.25, -0.2) is 0 Å². The van der Waals surface area contributed by atoms with Gasteiger partial charge in [0, 0.05) is 24.4 Å². The number of β-amino-alcohol motifs (C(OH)–C–C–N with tert-alkyl or cyclic N) is 1. The first-order chi connectivity index (χ1) is 11.5. The van der Waals surface area contributed by atoms with Crippen LogP contribution in [0.15, 0.2) is 16.8 Å². The standard InChI is InChI=1S/C17H22N4O3/c1-11-13(5-7-18-11)16(22)21-8-2-6-17(23,10-21)9-14-19-15(20-24-14)12-3-4-12/h5,7,12,18,23H,2-4,6,8-10H2,1H3. The number of H-pyrrole nitrogens is 1. The molecule has 7 heteroatoms. The fourth-order valence-corrected chi connectivity index (χ4v) is 3.41. The number of rotatable bonds is 4. The van der Waals surface area contributed by atoms with E-state index in [1.54, 1.807) is 17.2 Å². The van der Waals surface area contributed by atoms with Crippen molar-refractivity contribution in [3.05, 3.63) is 35.2 Å². The van der Waals surface area contributed by atoms with Crippen LogP contribution in [0.4, 0.5) is 0 Å². The molecule has 2 N–H and O–H groups in total. The van der Waals surface area contributed by atoms with Crippen LogP contribution in [-0.2, 0) is 6.42 Å². The van der Waals surface area contributed by atoms with E-state index in [-0.39, 0.29) is 12.5 Å². The van der Waals surface area contributed by atoms with Crippen molar-refractivity contribution in [1.29, 1.82) is 0 Å². The van der Waals surface area contributed by atoms with Crippen molar-refractivity contribution in [2.24, 2.45) is 0 Å². The molecule has 0 radical (unpaired) electrons. The third-order valence-corrected chi connectivity index (χ3v) is 4.93. The molecule has 128 valence electrons. The summed E-state index contributed by atoms with van der Waals surface area (Å²) in [6.07, 6.45) is 5.67. The zero-order valence-electron chi connectivity index (χ0n) is 13.8. The second-order valence-corrected chi connectivity index (χ2v) is 7.07. The Labute approximate surface area is 140 Å². The zero-order chi connectivity index (χ0) is 16.7. The third kappa shape index (κ3) is 2.96. The van der Waals surface area contributed by atoms with Gasteiger partial charge in [-0.3, -0.25) is 4.79 Å². The summed E-state index contributed by atoms with van der Waals surface area (Å²) in [5, 5.41) is 14.9. The van der Waals surface area contributed by atoms with Crippen LogP contribution in [-0.4, -0.2) is 49.7 Å². The molecule has 2 aromatic rings. The highest BCUT2D eigenvalue weighted by molar-refractivity contribution is 5.95. The van der Waals surface area contributed by atoms with Gasteiger partial charge in [0.2, 0.25) is 5.89 Å². The predicted molar refractivity (Wildman–Crippen MR) is 85.6 cm³/mol. The van der Waals surface area contributed by atoms with Gasteiger partial charge in [-0.05, 0) is 38.7 Å². The minimum Gasteiger partial charge on any atom is -0.388 e. The number of amides is 1. The lowest BCUT2D eigenvalue weighted by molar-refractivity contribution is -0.0286. The number of carbonyl (C=O) groups is 1. The van der Waals surface area contributed by atoms with Gasteiger partial charge in [0.05, 0.1) is 24.1 Å². The van der Waals surface area contributed by atoms with Crippen molar-refractivity contribution in [3.8, 4) is 0 Å². The molecule has 3 heterocycles. The number of hydrogen-bond donors (Lipinski definition) is 2. The van der Waals surface area contributed by atoms with Crippen molar-refractivity contribution in [2.45, 2.75) is 50.5 Å². The summed E-state index contributed by atoms with van der Waals surface area (Å²) >= 11 is 0. The Bertz CT molecular complexity index is 749. The lowest BCUT2D eigenvalue weighted by Crippen LogP contribution is -2.51. The molecule has 1 aliphatic carbocycles. The smallest absolute Gasteiger partial charge is 0.255 e. The number of nitrogens with one attached hydrogen (secondary N) is 1. The number of aryl methyl sites for hydroxylation is 1. The summed E-state index contributed by atoms with van der Waals surface area (Å²) in [4.78, 5) is 21.8. The fourth-order valence-electron chi connectivity index (χ4n) is 3.41. The summed E-state index contributed by atoms with van der Waals surface area (Å²) < 4.78 is 5.29. The SMILES string of the molecule is Cc1[nH]ccc1C(=O)N1CCCC(O)(Cc2nc(C3CC3)no2)C1. The molecule has 4 rings (SSSR count). The van der Waals surface area contributed by atoms with E-state index in [0.717, 1.165) is 30.8 Å². The summed E-state index contributed by atoms with van der Waals surface area (Å²) in [5.41, 5.74) is 0.499. The average Bonchev–Trinajstić information content (AvgIpc) is 3.16. The molecule has 2 aliphatic rings. The van der Waals surface area contributed by atoms with Gasteiger partial charge in [0.15, 0.2) is 5.82 Å². The van der Waals surface area contributed by atoms with Gasteiger partial charge in [-0.1, -0.05) is 5.16 Å². The second kappa shape index (κ2) is 5.73. The molecule has 1 amide bonds. The minimum absolute atomic E-state index is 0.0453. The first-order valence-corrected chi connectivity index (χ1v) is 8.52. The van der Waals surface area contributed by atoms with E-state index in [0.29, 0.717) is 36.8 Å². The molecule has 1 saturated carbocycles. The predicted octanol–water partition coefficient (Wildman–Crippen LogP) is 1.79. The van der Waals surface area contributed by atoms with Crippen molar-refractivity contribution >= 4 is 5.91 Å². The Balaban J connectivity index is 1.46. The third-order valence-electron chi connectivity index (χ3n) is 4.93. The fraction of sp³-hybridized carbons (Fsp3) is 0.588. The lowest BCUT2D eigenvalue weighted by Gasteiger charge is -2.38. The van der Waals surface area contributed by atoms with Crippen LogP contribution in [0.2, 0.25) is 0 Å². The van der Waals surface area contributed by atoms with E-state index in [1.165, 1.54) is 0 Å². The van der Waals surface area contributed by atoms with Gasteiger partial charge < -0.3 is 19.5 Å². The van der Waals surface area contributed by atoms with E-state index in [1.807, 2.05) is 6.92 Å². The maximum absolute atomic E-state index is 12.7. The van der Waals surface area contributed by atoms with Gasteiger partial charge in [-0.15, -0.1) is 0 Å². The number of carbonyl (C=O) groups excluding carboxylic acids is 1. The van der Waals surface area contributed by atoms with E-state index in [4.69, 9.17) is 4.52 Å². The monoisotopic (exact) mass is 330 g/mol. The van der Waals surface area contributed by atoms with Gasteiger partial charge in [0.25, 0.3) is 5.91 Å². The Kier molecular flexibility index (Phi) is 3.68. The quantitative estimate of drug-likeness (QED) is 0.891. The number of nitrogens with zero attached hydrogens (tertiary/aromatic N) is 3. The molecule has 7 nitrogen and oxygen atoms in total. The molecular weight excluding hydrogens is 308 g/mol. The molecule has 1 aliphatic heterocycles. The summed E-state index contributed by atoms with van der Waals surface area (Å²) in [5.74, 6) is 1.60. The van der Waals surface area contributed by atoms with E-state index >= 15 is 0 Å². The molecule has 0 bridgehead atoms. The Morgan fingerprint density at radius 3 is 3.08 bits per heavy atom. The topological polar surface area (TPSA) is 95.2 Å². The maximum Gasteiger partial charge on any atom is 0.255 e. The van der Waals surface area contributed by atoms with Crippen molar-refractivity contribution in [1.82, 2.24) is 20.0 Å². The average molecular weight is 330 g/mol. The normalized spacial score (nSPS) is 24.3. The lowest BCUT2D eigenvalue weighted by atomic mass is 9.89. The molecular formula is C17H22N4O3. The minimum atomic E-state index is -1.01. The van der Waals surface area contributed by atoms with Gasteiger partial charge in [-0.2, -0.15) is 4.98 Å². The number of aromatic amines is 1. The highest BCUT2D eigenvalue weighted by Crippen LogP contribution is 2.38. The van der Waals surface area contributed by atoms with Gasteiger partial charge in [0.1, 0.15) is 0 Å². The largest absolute Gasteiger partial charge is 0.388 e. The Morgan fingerprint density at radius 2 is 2.38 bits per heavy atom.